The highest BCUT2D eigenvalue weighted by atomic mass is 31.1. The Morgan fingerprint density at radius 2 is 0.654 bits per heavy atom. The quantitative estimate of drug-likeness (QED) is 0.442. The first-order valence-electron chi connectivity index (χ1n) is 9.82. The molecule has 0 aliphatic heterocycles. The second kappa shape index (κ2) is 16.6. The van der Waals surface area contributed by atoms with Crippen LogP contribution in [0.3, 0.4) is 0 Å². The van der Waals surface area contributed by atoms with Crippen molar-refractivity contribution in [2.24, 2.45) is 0 Å². The van der Waals surface area contributed by atoms with Crippen molar-refractivity contribution < 1.29 is 0 Å². The molecule has 0 aliphatic rings. The normalized spacial score (nSPS) is 8.88. The van der Waals surface area contributed by atoms with Crippen molar-refractivity contribution in [3.63, 3.8) is 0 Å². The van der Waals surface area contributed by atoms with Gasteiger partial charge in [0, 0.05) is 0 Å². The van der Waals surface area contributed by atoms with Gasteiger partial charge in [0.2, 0.25) is 0 Å². The van der Waals surface area contributed by atoms with Gasteiger partial charge in [0.15, 0.2) is 0 Å². The third-order valence-corrected chi connectivity index (χ3v) is 5.49. The Labute approximate surface area is 163 Å². The van der Waals surface area contributed by atoms with Crippen LogP contribution in [0.5, 0.6) is 0 Å². The molecular weight excluding hydrogens is 331 g/mol. The molecule has 0 amide bonds. The van der Waals surface area contributed by atoms with Crippen molar-refractivity contribution in [3.05, 3.63) is 91.0 Å². The van der Waals surface area contributed by atoms with Crippen molar-refractivity contribution in [2.45, 2.75) is 48.0 Å². The summed E-state index contributed by atoms with van der Waals surface area (Å²) in [6, 6.07) is 32.3. The molecule has 0 spiro atoms. The van der Waals surface area contributed by atoms with Crippen LogP contribution in [0, 0.1) is 0 Å². The molecule has 0 saturated carbocycles. The van der Waals surface area contributed by atoms with Gasteiger partial charge in [-0.2, -0.15) is 0 Å². The molecule has 3 rings (SSSR count). The lowest BCUT2D eigenvalue weighted by molar-refractivity contribution is 1.09. The van der Waals surface area contributed by atoms with E-state index in [1.807, 2.05) is 27.7 Å². The van der Waals surface area contributed by atoms with Crippen molar-refractivity contribution >= 4 is 23.8 Å². The summed E-state index contributed by atoms with van der Waals surface area (Å²) in [5.41, 5.74) is 0. The molecule has 26 heavy (non-hydrogen) atoms. The van der Waals surface area contributed by atoms with Crippen LogP contribution in [0.4, 0.5) is 0 Å². The largest absolute Gasteiger partial charge is 0.0683 e. The Morgan fingerprint density at radius 3 is 0.846 bits per heavy atom. The van der Waals surface area contributed by atoms with E-state index in [9.17, 15) is 0 Å². The second-order valence-corrected chi connectivity index (χ2v) is 7.27. The third kappa shape index (κ3) is 8.45. The van der Waals surface area contributed by atoms with Crippen LogP contribution in [0.1, 0.15) is 48.0 Å². The molecule has 0 saturated heterocycles. The zero-order valence-electron chi connectivity index (χ0n) is 17.3. The Hall–Kier alpha value is -1.91. The maximum atomic E-state index is 2.23. The van der Waals surface area contributed by atoms with E-state index in [0.717, 1.165) is 0 Å². The standard InChI is InChI=1S/C18H15P.C3H8.2C2H6/c1-4-10-16(11-5-1)19(17-12-6-2-7-13-17)18-14-8-3-9-15-18;1-3-2;2*1-2/h1-15H;3H2,1-2H3;2*1-2H3. The molecule has 0 atom stereocenters. The Balaban J connectivity index is 0.000000793. The lowest BCUT2D eigenvalue weighted by atomic mass is 10.4. The molecule has 3 aromatic rings. The summed E-state index contributed by atoms with van der Waals surface area (Å²) in [4.78, 5) is 0. The summed E-state index contributed by atoms with van der Waals surface area (Å²) < 4.78 is 0. The predicted octanol–water partition coefficient (Wildman–Crippen LogP) is 6.91. The molecule has 140 valence electrons. The third-order valence-electron chi connectivity index (χ3n) is 3.04. The lowest BCUT2D eigenvalue weighted by Gasteiger charge is -2.18. The van der Waals surface area contributed by atoms with E-state index in [2.05, 4.69) is 105 Å². The Kier molecular flexibility index (Phi) is 15.3. The highest BCUT2D eigenvalue weighted by Gasteiger charge is 2.14. The SMILES string of the molecule is CC.CC.CCC.c1ccc(P(c2ccccc2)c2ccccc2)cc1. The number of benzene rings is 3. The molecule has 1 heteroatoms. The molecule has 0 aliphatic carbocycles. The zero-order valence-corrected chi connectivity index (χ0v) is 18.2. The minimum Gasteiger partial charge on any atom is -0.0683 e. The van der Waals surface area contributed by atoms with Gasteiger partial charge in [-0.25, -0.2) is 0 Å². The molecule has 0 fully saturated rings. The monoisotopic (exact) mass is 366 g/mol. The van der Waals surface area contributed by atoms with Crippen molar-refractivity contribution in [3.8, 4) is 0 Å². The smallest absolute Gasteiger partial charge is 0.0134 e. The minimum atomic E-state index is -0.446. The second-order valence-electron chi connectivity index (χ2n) is 5.05. The lowest BCUT2D eigenvalue weighted by Crippen LogP contribution is -2.20. The van der Waals surface area contributed by atoms with Gasteiger partial charge in [-0.15, -0.1) is 0 Å². The Bertz CT molecular complexity index is 539. The molecule has 0 nitrogen and oxygen atoms in total. The van der Waals surface area contributed by atoms with E-state index in [0.29, 0.717) is 0 Å². The summed E-state index contributed by atoms with van der Waals surface area (Å²) in [6.45, 7) is 12.2. The molecule has 0 radical (unpaired) electrons. The topological polar surface area (TPSA) is 0 Å². The average molecular weight is 367 g/mol. The molecule has 0 N–H and O–H groups in total. The number of hydrogen-bond donors (Lipinski definition) is 0. The fraction of sp³-hybridized carbons (Fsp3) is 0.280. The van der Waals surface area contributed by atoms with Crippen LogP contribution in [-0.2, 0) is 0 Å². The summed E-state index contributed by atoms with van der Waals surface area (Å²) in [6.07, 6.45) is 1.25. The van der Waals surface area contributed by atoms with Gasteiger partial charge in [0.25, 0.3) is 0 Å². The van der Waals surface area contributed by atoms with Gasteiger partial charge >= 0.3 is 0 Å². The van der Waals surface area contributed by atoms with Crippen LogP contribution < -0.4 is 15.9 Å². The van der Waals surface area contributed by atoms with E-state index >= 15 is 0 Å². The van der Waals surface area contributed by atoms with Gasteiger partial charge in [-0.1, -0.05) is 139 Å². The fourth-order valence-corrected chi connectivity index (χ4v) is 4.48. The molecule has 3 aromatic carbocycles. The molecular formula is C25H35P. The van der Waals surface area contributed by atoms with E-state index in [1.165, 1.54) is 22.3 Å². The van der Waals surface area contributed by atoms with Gasteiger partial charge < -0.3 is 0 Å². The van der Waals surface area contributed by atoms with E-state index in [-0.39, 0.29) is 0 Å². The van der Waals surface area contributed by atoms with E-state index < -0.39 is 7.92 Å². The van der Waals surface area contributed by atoms with Crippen LogP contribution >= 0.6 is 7.92 Å². The van der Waals surface area contributed by atoms with Crippen LogP contribution in [-0.4, -0.2) is 0 Å². The zero-order chi connectivity index (χ0) is 19.6. The van der Waals surface area contributed by atoms with E-state index in [4.69, 9.17) is 0 Å². The van der Waals surface area contributed by atoms with Gasteiger partial charge in [-0.05, 0) is 23.8 Å². The highest BCUT2D eigenvalue weighted by molar-refractivity contribution is 7.79. The number of rotatable bonds is 3. The van der Waals surface area contributed by atoms with Gasteiger partial charge in [0.05, 0.1) is 0 Å². The predicted molar refractivity (Wildman–Crippen MR) is 124 cm³/mol. The van der Waals surface area contributed by atoms with Crippen LogP contribution in [0.2, 0.25) is 0 Å². The summed E-state index contributed by atoms with van der Waals surface area (Å²) in [5.74, 6) is 0. The first kappa shape index (κ1) is 24.1. The maximum absolute atomic E-state index is 2.23. The van der Waals surface area contributed by atoms with Gasteiger partial charge in [0.1, 0.15) is 0 Å². The van der Waals surface area contributed by atoms with Crippen molar-refractivity contribution in [2.75, 3.05) is 0 Å². The van der Waals surface area contributed by atoms with Crippen LogP contribution in [0.15, 0.2) is 91.0 Å². The molecule has 0 bridgehead atoms. The summed E-state index contributed by atoms with van der Waals surface area (Å²) in [5, 5.41) is 4.19. The molecule has 0 heterocycles. The minimum absolute atomic E-state index is 0.446. The molecule has 0 unspecified atom stereocenters. The van der Waals surface area contributed by atoms with Crippen LogP contribution in [0.25, 0.3) is 0 Å². The van der Waals surface area contributed by atoms with Gasteiger partial charge in [-0.3, -0.25) is 0 Å². The first-order valence-corrected chi connectivity index (χ1v) is 11.2. The highest BCUT2D eigenvalue weighted by Crippen LogP contribution is 2.32. The number of hydrogen-bond acceptors (Lipinski definition) is 0. The first-order chi connectivity index (χ1) is 12.9. The van der Waals surface area contributed by atoms with Crippen molar-refractivity contribution in [1.29, 1.82) is 0 Å². The maximum Gasteiger partial charge on any atom is -0.0134 e. The van der Waals surface area contributed by atoms with E-state index in [1.54, 1.807) is 0 Å². The summed E-state index contributed by atoms with van der Waals surface area (Å²) >= 11 is 0. The fourth-order valence-electron chi connectivity index (χ4n) is 2.18. The average Bonchev–Trinajstić information content (AvgIpc) is 2.74. The summed E-state index contributed by atoms with van der Waals surface area (Å²) in [7, 11) is -0.446. The Morgan fingerprint density at radius 1 is 0.462 bits per heavy atom. The van der Waals surface area contributed by atoms with Crippen molar-refractivity contribution in [1.82, 2.24) is 0 Å². The molecule has 0 aromatic heterocycles.